The van der Waals surface area contributed by atoms with Crippen LogP contribution in [0.5, 0.6) is 0 Å². The maximum atomic E-state index is 12.3. The molecular formula is C12H12ClN5O3S. The largest absolute Gasteiger partial charge is 0.271 e. The van der Waals surface area contributed by atoms with E-state index in [1.807, 2.05) is 6.92 Å². The molecule has 2 rings (SSSR count). The summed E-state index contributed by atoms with van der Waals surface area (Å²) in [5, 5.41) is 19.3. The van der Waals surface area contributed by atoms with Gasteiger partial charge < -0.3 is 0 Å². The lowest BCUT2D eigenvalue weighted by molar-refractivity contribution is -0.384. The number of nitro groups is 1. The van der Waals surface area contributed by atoms with Gasteiger partial charge >= 0.3 is 0 Å². The predicted molar refractivity (Wildman–Crippen MR) is 83.0 cm³/mol. The maximum absolute atomic E-state index is 12.3. The molecule has 0 fully saturated rings. The van der Waals surface area contributed by atoms with E-state index in [2.05, 4.69) is 15.6 Å². The molecular weight excluding hydrogens is 330 g/mol. The van der Waals surface area contributed by atoms with E-state index < -0.39 is 10.8 Å². The van der Waals surface area contributed by atoms with Gasteiger partial charge in [0.1, 0.15) is 5.82 Å². The lowest BCUT2D eigenvalue weighted by Gasteiger charge is -2.10. The van der Waals surface area contributed by atoms with Crippen molar-refractivity contribution < 1.29 is 9.72 Å². The van der Waals surface area contributed by atoms with Gasteiger partial charge in [-0.25, -0.2) is 4.68 Å². The van der Waals surface area contributed by atoms with Gasteiger partial charge in [-0.15, -0.1) is 10.2 Å². The third kappa shape index (κ3) is 3.37. The van der Waals surface area contributed by atoms with Crippen LogP contribution in [0, 0.1) is 17.0 Å². The zero-order chi connectivity index (χ0) is 16.3. The van der Waals surface area contributed by atoms with Gasteiger partial charge in [-0.1, -0.05) is 30.3 Å². The second kappa shape index (κ2) is 6.75. The number of non-ortho nitro benzene ring substituents is 1. The third-order valence-corrected chi connectivity index (χ3v) is 3.83. The molecule has 1 N–H and O–H groups in total. The molecule has 1 heterocycles. The van der Waals surface area contributed by atoms with Crippen LogP contribution in [0.25, 0.3) is 0 Å². The molecule has 0 saturated heterocycles. The SMILES string of the molecule is CCSc1nnc(C)n1NC(=O)c1cc([N+](=O)[O-])ccc1Cl. The minimum Gasteiger partial charge on any atom is -0.267 e. The number of hydrogen-bond acceptors (Lipinski definition) is 6. The van der Waals surface area contributed by atoms with Crippen molar-refractivity contribution in [3.63, 3.8) is 0 Å². The van der Waals surface area contributed by atoms with Crippen LogP contribution in [-0.4, -0.2) is 31.5 Å². The van der Waals surface area contributed by atoms with Crippen LogP contribution in [0.4, 0.5) is 5.69 Å². The molecule has 22 heavy (non-hydrogen) atoms. The van der Waals surface area contributed by atoms with Crippen molar-refractivity contribution in [3.8, 4) is 0 Å². The van der Waals surface area contributed by atoms with E-state index in [1.54, 1.807) is 6.92 Å². The summed E-state index contributed by atoms with van der Waals surface area (Å²) in [5.74, 6) is 0.673. The molecule has 2 aromatic rings. The lowest BCUT2D eigenvalue weighted by Crippen LogP contribution is -2.25. The molecule has 1 aromatic heterocycles. The van der Waals surface area contributed by atoms with Gasteiger partial charge in [0.2, 0.25) is 5.16 Å². The van der Waals surface area contributed by atoms with E-state index in [-0.39, 0.29) is 16.3 Å². The van der Waals surface area contributed by atoms with E-state index in [0.717, 1.165) is 11.8 Å². The molecule has 0 saturated carbocycles. The van der Waals surface area contributed by atoms with Gasteiger partial charge in [-0.05, 0) is 18.7 Å². The summed E-state index contributed by atoms with van der Waals surface area (Å²) >= 11 is 7.35. The number of thioether (sulfide) groups is 1. The number of nitrogens with zero attached hydrogens (tertiary/aromatic N) is 4. The summed E-state index contributed by atoms with van der Waals surface area (Å²) in [6, 6.07) is 3.68. The number of rotatable bonds is 5. The van der Waals surface area contributed by atoms with Gasteiger partial charge in [0.05, 0.1) is 15.5 Å². The van der Waals surface area contributed by atoms with Crippen LogP contribution >= 0.6 is 23.4 Å². The van der Waals surface area contributed by atoms with Crippen LogP contribution in [-0.2, 0) is 0 Å². The standard InChI is InChI=1S/C12H12ClN5O3S/c1-3-22-12-15-14-7(2)17(12)16-11(19)9-6-8(18(20)21)4-5-10(9)13/h4-6H,3H2,1-2H3,(H,16,19). The Balaban J connectivity index is 2.32. The van der Waals surface area contributed by atoms with Crippen LogP contribution < -0.4 is 5.43 Å². The Morgan fingerprint density at radius 1 is 1.50 bits per heavy atom. The number of carbonyl (C=O) groups excluding carboxylic acids is 1. The highest BCUT2D eigenvalue weighted by Gasteiger charge is 2.18. The Morgan fingerprint density at radius 2 is 2.23 bits per heavy atom. The molecule has 1 aromatic carbocycles. The molecule has 8 nitrogen and oxygen atoms in total. The van der Waals surface area contributed by atoms with Gasteiger partial charge in [-0.2, -0.15) is 0 Å². The summed E-state index contributed by atoms with van der Waals surface area (Å²) in [6.45, 7) is 3.63. The average molecular weight is 342 g/mol. The fourth-order valence-electron chi connectivity index (χ4n) is 1.66. The molecule has 0 atom stereocenters. The van der Waals surface area contributed by atoms with Crippen molar-refractivity contribution in [2.75, 3.05) is 11.2 Å². The van der Waals surface area contributed by atoms with Crippen molar-refractivity contribution >= 4 is 35.0 Å². The number of amides is 1. The molecule has 0 aliphatic rings. The van der Waals surface area contributed by atoms with E-state index in [9.17, 15) is 14.9 Å². The molecule has 0 aliphatic carbocycles. The third-order valence-electron chi connectivity index (χ3n) is 2.69. The molecule has 0 radical (unpaired) electrons. The number of nitro benzene ring substituents is 1. The molecule has 0 aliphatic heterocycles. The summed E-state index contributed by atoms with van der Waals surface area (Å²) < 4.78 is 1.42. The molecule has 0 unspecified atom stereocenters. The van der Waals surface area contributed by atoms with E-state index in [4.69, 9.17) is 11.6 Å². The molecule has 1 amide bonds. The van der Waals surface area contributed by atoms with Crippen LogP contribution in [0.1, 0.15) is 23.1 Å². The number of nitrogens with one attached hydrogen (secondary N) is 1. The summed E-state index contributed by atoms with van der Waals surface area (Å²) in [6.07, 6.45) is 0. The monoisotopic (exact) mass is 341 g/mol. The van der Waals surface area contributed by atoms with Gasteiger partial charge in [0.25, 0.3) is 11.6 Å². The first-order valence-electron chi connectivity index (χ1n) is 6.24. The van der Waals surface area contributed by atoms with E-state index in [0.29, 0.717) is 11.0 Å². The zero-order valence-corrected chi connectivity index (χ0v) is 13.3. The van der Waals surface area contributed by atoms with Gasteiger partial charge in [0, 0.05) is 12.1 Å². The minimum atomic E-state index is -0.588. The smallest absolute Gasteiger partial charge is 0.267 e. The normalized spacial score (nSPS) is 10.5. The van der Waals surface area contributed by atoms with Crippen molar-refractivity contribution in [1.29, 1.82) is 0 Å². The molecule has 10 heteroatoms. The maximum Gasteiger partial charge on any atom is 0.271 e. The van der Waals surface area contributed by atoms with E-state index in [1.165, 1.54) is 28.6 Å². The van der Waals surface area contributed by atoms with Crippen molar-refractivity contribution in [2.24, 2.45) is 0 Å². The Kier molecular flexibility index (Phi) is 4.99. The quantitative estimate of drug-likeness (QED) is 0.509. The predicted octanol–water partition coefficient (Wildman–Crippen LogP) is 2.64. The average Bonchev–Trinajstić information content (AvgIpc) is 2.81. The molecule has 0 bridgehead atoms. The second-order valence-electron chi connectivity index (χ2n) is 4.16. The highest BCUT2D eigenvalue weighted by molar-refractivity contribution is 7.99. The summed E-state index contributed by atoms with van der Waals surface area (Å²) in [5.41, 5.74) is 2.39. The number of hydrogen-bond donors (Lipinski definition) is 1. The number of benzene rings is 1. The fraction of sp³-hybridized carbons (Fsp3) is 0.250. The Labute approximate surface area is 135 Å². The fourth-order valence-corrected chi connectivity index (χ4v) is 2.52. The van der Waals surface area contributed by atoms with E-state index >= 15 is 0 Å². The number of halogens is 1. The first-order valence-corrected chi connectivity index (χ1v) is 7.60. The Hall–Kier alpha value is -2.13. The van der Waals surface area contributed by atoms with Crippen molar-refractivity contribution in [3.05, 3.63) is 44.7 Å². The number of aryl methyl sites for hydroxylation is 1. The van der Waals surface area contributed by atoms with Crippen LogP contribution in [0.15, 0.2) is 23.4 Å². The van der Waals surface area contributed by atoms with Crippen LogP contribution in [0.3, 0.4) is 0 Å². The van der Waals surface area contributed by atoms with Gasteiger partial charge in [-0.3, -0.25) is 20.3 Å². The summed E-state index contributed by atoms with van der Waals surface area (Å²) in [4.78, 5) is 22.5. The first-order chi connectivity index (χ1) is 10.4. The van der Waals surface area contributed by atoms with Crippen LogP contribution in [0.2, 0.25) is 5.02 Å². The second-order valence-corrected chi connectivity index (χ2v) is 5.80. The minimum absolute atomic E-state index is 0.0106. The summed E-state index contributed by atoms with van der Waals surface area (Å²) in [7, 11) is 0. The van der Waals surface area contributed by atoms with Crippen molar-refractivity contribution in [1.82, 2.24) is 14.9 Å². The highest BCUT2D eigenvalue weighted by Crippen LogP contribution is 2.23. The molecule has 0 spiro atoms. The lowest BCUT2D eigenvalue weighted by atomic mass is 10.2. The topological polar surface area (TPSA) is 103 Å². The Morgan fingerprint density at radius 3 is 2.86 bits per heavy atom. The first kappa shape index (κ1) is 16.2. The number of aromatic nitrogens is 3. The highest BCUT2D eigenvalue weighted by atomic mass is 35.5. The van der Waals surface area contributed by atoms with Gasteiger partial charge in [0.15, 0.2) is 0 Å². The number of carbonyl (C=O) groups is 1. The molecule has 116 valence electrons. The Bertz CT molecular complexity index is 734. The van der Waals surface area contributed by atoms with Crippen molar-refractivity contribution in [2.45, 2.75) is 19.0 Å². The zero-order valence-electron chi connectivity index (χ0n) is 11.7.